The van der Waals surface area contributed by atoms with Crippen LogP contribution in [0.3, 0.4) is 0 Å². The first-order valence-electron chi connectivity index (χ1n) is 28.6. The van der Waals surface area contributed by atoms with E-state index in [-0.39, 0.29) is 12.1 Å². The fraction of sp³-hybridized carbons (Fsp3) is 1.00. The molecular formula is C42H107Cl2N33Si6. The third-order valence-corrected chi connectivity index (χ3v) is 31.6. The summed E-state index contributed by atoms with van der Waals surface area (Å²) >= 11 is 12.5. The largest absolute Gasteiger partial charge is 0.400 e. The lowest BCUT2D eigenvalue weighted by Gasteiger charge is -2.40. The van der Waals surface area contributed by atoms with Gasteiger partial charge in [0.05, 0.1) is 0 Å². The van der Waals surface area contributed by atoms with Crippen LogP contribution in [0.2, 0.25) is 0 Å². The Morgan fingerprint density at radius 1 is 0.386 bits per heavy atom. The zero-order valence-electron chi connectivity index (χ0n) is 54.9. The van der Waals surface area contributed by atoms with Crippen molar-refractivity contribution in [3.05, 3.63) is 83.5 Å². The van der Waals surface area contributed by atoms with Gasteiger partial charge in [-0.3, -0.25) is 9.13 Å². The van der Waals surface area contributed by atoms with Gasteiger partial charge in [-0.1, -0.05) is 190 Å². The molecule has 0 rings (SSSR count). The van der Waals surface area contributed by atoms with Gasteiger partial charge in [0.2, 0.25) is 0 Å². The van der Waals surface area contributed by atoms with Crippen molar-refractivity contribution >= 4 is 75.6 Å². The standard InChI is InChI=1S/C8H20ClN5Si.C8H20N8Si.C8H21N5Si.C6H15ClN4Si.C6H15N7Si.C6H16N4Si/c1-5-13(6-2)15(9,12-11-10)14(7-3)8-4;1-5-15(6-2)17(13-11-9,14-12-10)16(7-3)8-4;1-5-12(6-2)14(11-10-9)13(7-3)8-4;1-5(2)11(6(3)4)12(7)10-9-8;1-5(2)13(6(3)4)14(11-9-7)12-10-8;1-5(2)10(6(3)4)11-9-8-7/h5-8H2,1-4H3;5-8H2,1-4H3;14H,5-8H2,1-4H3;5-6,12H,1-4H3;5-6,14H,1-4H3;5-6H,11H2,1-4H3. The van der Waals surface area contributed by atoms with Crippen molar-refractivity contribution in [1.82, 2.24) is 41.1 Å². The molecule has 83 heavy (non-hydrogen) atoms. The van der Waals surface area contributed by atoms with Gasteiger partial charge in [-0.2, -0.15) is 0 Å². The predicted molar refractivity (Wildman–Crippen MR) is 360 cm³/mol. The van der Waals surface area contributed by atoms with Gasteiger partial charge >= 0.3 is 34.3 Å². The summed E-state index contributed by atoms with van der Waals surface area (Å²) < 4.78 is 49.0. The third kappa shape index (κ3) is 35.9. The van der Waals surface area contributed by atoms with Gasteiger partial charge in [-0.15, -0.1) is 36.5 Å². The van der Waals surface area contributed by atoms with Gasteiger partial charge < -0.3 is 32.0 Å². The van der Waals surface area contributed by atoms with Gasteiger partial charge in [0.15, 0.2) is 9.84 Å². The normalized spacial score (nSPS) is 12.0. The predicted octanol–water partition coefficient (Wildman–Crippen LogP) is 13.3. The molecule has 41 heteroatoms. The quantitative estimate of drug-likeness (QED) is 0.0191. The monoisotopic (exact) mass is 1310 g/mol. The summed E-state index contributed by atoms with van der Waals surface area (Å²) in [6.45, 7) is 58.9. The van der Waals surface area contributed by atoms with E-state index in [4.69, 9.17) is 66.4 Å². The van der Waals surface area contributed by atoms with E-state index in [9.17, 15) is 0 Å². The van der Waals surface area contributed by atoms with E-state index in [1.54, 1.807) is 0 Å². The van der Waals surface area contributed by atoms with Crippen molar-refractivity contribution in [3.8, 4) is 0 Å². The molecule has 0 saturated heterocycles. The summed E-state index contributed by atoms with van der Waals surface area (Å²) in [5.41, 5.74) is 67.8. The minimum absolute atomic E-state index is 0.211. The highest BCUT2D eigenvalue weighted by atomic mass is 35.6. The number of rotatable bonds is 35. The maximum atomic E-state index is 8.76. The minimum atomic E-state index is -2.97. The Morgan fingerprint density at radius 3 is 0.904 bits per heavy atom. The molecule has 1 atom stereocenters. The number of nitrogens with zero attached hydrogens (tertiary/aromatic N) is 33. The van der Waals surface area contributed by atoms with Crippen molar-refractivity contribution in [3.63, 3.8) is 0 Å². The van der Waals surface area contributed by atoms with Crippen LogP contribution in [0.5, 0.6) is 0 Å². The SMILES string of the molecule is CC(C)N(C(C)C)[SiH](Cl)N=[N+]=[N-].CC(C)N(C(C)C)[SiH](N=[N+]=[N-])N=[N+]=[N-].CC(C)N([SiH2]N=[N+]=[N-])C(C)C.CCN(CC)[SiH](N=[N+]=[N-])N(CC)CC.CCN(CC)[Si](Cl)(N=[N+]=[N-])N(CC)CC.CCN(CC)[Si](N=[N+]=[N-])(N=[N+]=[N-])N(CC)CC. The fourth-order valence-corrected chi connectivity index (χ4v) is 22.6. The molecule has 0 aliphatic heterocycles. The second-order valence-electron chi connectivity index (χ2n) is 19.0. The molecule has 1 unspecified atom stereocenters. The molecule has 0 aliphatic carbocycles. The van der Waals surface area contributed by atoms with Crippen LogP contribution in [0.1, 0.15) is 166 Å². The van der Waals surface area contributed by atoms with Gasteiger partial charge in [0.25, 0.3) is 9.28 Å². The van der Waals surface area contributed by atoms with E-state index < -0.39 is 53.4 Å². The fourth-order valence-electron chi connectivity index (χ4n) is 8.63. The molecule has 0 fully saturated rings. The molecular weight excluding hydrogens is 1210 g/mol. The number of halogens is 2. The van der Waals surface area contributed by atoms with Crippen molar-refractivity contribution < 1.29 is 0 Å². The van der Waals surface area contributed by atoms with Crippen molar-refractivity contribution in [2.45, 2.75) is 202 Å². The molecule has 0 aromatic carbocycles. The van der Waals surface area contributed by atoms with Crippen LogP contribution in [-0.2, 0) is 0 Å². The maximum absolute atomic E-state index is 8.76. The minimum Gasteiger partial charge on any atom is -0.320 e. The molecule has 0 heterocycles. The second kappa shape index (κ2) is 55.8. The van der Waals surface area contributed by atoms with Crippen molar-refractivity contribution in [2.24, 2.45) is 38.2 Å². The molecule has 0 amide bonds. The first-order chi connectivity index (χ1) is 39.1. The summed E-state index contributed by atoms with van der Waals surface area (Å²) in [4.78, 5) is 22.6. The lowest BCUT2D eigenvalue weighted by atomic mass is 10.3. The van der Waals surface area contributed by atoms with Gasteiger partial charge in [0.1, 0.15) is 0 Å². The first kappa shape index (κ1) is 90.2. The summed E-state index contributed by atoms with van der Waals surface area (Å²) in [5.74, 6) is 0. The molecule has 0 N–H and O–H groups in total. The van der Waals surface area contributed by atoms with Crippen molar-refractivity contribution in [1.29, 1.82) is 0 Å². The highest BCUT2D eigenvalue weighted by Gasteiger charge is 2.44. The lowest BCUT2D eigenvalue weighted by Crippen LogP contribution is -2.63. The van der Waals surface area contributed by atoms with Crippen LogP contribution >= 0.6 is 22.2 Å². The van der Waals surface area contributed by atoms with Crippen molar-refractivity contribution in [2.75, 3.05) is 78.5 Å². The van der Waals surface area contributed by atoms with Crippen LogP contribution in [0.25, 0.3) is 83.5 Å². The van der Waals surface area contributed by atoms with E-state index >= 15 is 0 Å². The Hall–Kier alpha value is -4.00. The zero-order chi connectivity index (χ0) is 65.9. The van der Waals surface area contributed by atoms with E-state index in [0.29, 0.717) is 50.3 Å². The maximum Gasteiger partial charge on any atom is 0.400 e. The van der Waals surface area contributed by atoms with E-state index in [1.807, 2.05) is 96.8 Å². The average molecular weight is 1310 g/mol. The lowest BCUT2D eigenvalue weighted by molar-refractivity contribution is 0.301. The van der Waals surface area contributed by atoms with Crippen LogP contribution in [0.4, 0.5) is 0 Å². The zero-order valence-corrected chi connectivity index (χ0v) is 63.3. The van der Waals surface area contributed by atoms with Crippen LogP contribution in [-0.4, -0.2) is 209 Å². The summed E-state index contributed by atoms with van der Waals surface area (Å²) in [6.07, 6.45) is 0. The van der Waals surface area contributed by atoms with E-state index in [2.05, 4.69) is 188 Å². The summed E-state index contributed by atoms with van der Waals surface area (Å²) in [7, 11) is -12.1. The molecule has 33 nitrogen and oxygen atoms in total. The summed E-state index contributed by atoms with van der Waals surface area (Å²) in [6, 6.07) is 2.08. The number of azide groups is 6. The first-order valence-corrected chi connectivity index (χ1v) is 40.4. The molecule has 0 aromatic rings. The average Bonchev–Trinajstić information content (AvgIpc) is 3.45. The molecule has 0 radical (unpaired) electrons. The molecule has 0 aliphatic rings. The van der Waals surface area contributed by atoms with Crippen LogP contribution < -0.4 is 0 Å². The Balaban J connectivity index is -0.000000215. The molecule has 478 valence electrons. The number of hydrogen-bond donors (Lipinski definition) is 0. The van der Waals surface area contributed by atoms with Gasteiger partial charge in [-0.05, 0) is 184 Å². The number of hydrogen-bond acceptors (Lipinski definition) is 17. The Bertz CT molecular complexity index is 1950. The molecule has 0 bridgehead atoms. The smallest absolute Gasteiger partial charge is 0.320 e. The van der Waals surface area contributed by atoms with Gasteiger partial charge in [-0.25, -0.2) is 0 Å². The third-order valence-electron chi connectivity index (χ3n) is 12.6. The topological polar surface area (TPSA) is 419 Å². The molecule has 0 saturated carbocycles. The van der Waals surface area contributed by atoms with Crippen LogP contribution in [0.15, 0.2) is 38.2 Å². The summed E-state index contributed by atoms with van der Waals surface area (Å²) in [5, 5.41) is 0. The molecule has 0 spiro atoms. The Morgan fingerprint density at radius 2 is 0.687 bits per heavy atom. The van der Waals surface area contributed by atoms with E-state index in [0.717, 1.165) is 52.4 Å². The second-order valence-corrected chi connectivity index (χ2v) is 34.0. The Kier molecular flexibility index (Phi) is 60.7. The van der Waals surface area contributed by atoms with Gasteiger partial charge in [0, 0.05) is 14.7 Å². The highest BCUT2D eigenvalue weighted by Crippen LogP contribution is 2.23. The van der Waals surface area contributed by atoms with Crippen LogP contribution in [0, 0.1) is 0 Å². The Labute approximate surface area is 516 Å². The highest BCUT2D eigenvalue weighted by molar-refractivity contribution is 7.16. The van der Waals surface area contributed by atoms with E-state index in [1.165, 1.54) is 0 Å². The molecule has 0 aromatic heterocycles.